The Balaban J connectivity index is 2.12. The molecule has 0 radical (unpaired) electrons. The number of thiophene rings is 1. The topological polar surface area (TPSA) is 54.9 Å². The number of nitrogens with one attached hydrogen (secondary N) is 1. The van der Waals surface area contributed by atoms with E-state index in [9.17, 15) is 4.79 Å². The molecule has 0 aromatic carbocycles. The molecule has 1 amide bonds. The predicted octanol–water partition coefficient (Wildman–Crippen LogP) is 2.70. The maximum atomic E-state index is 12.0. The number of carbonyl (C=O) groups is 1. The molecule has 0 unspecified atom stereocenters. The summed E-state index contributed by atoms with van der Waals surface area (Å²) in [4.78, 5) is 21.5. The van der Waals surface area contributed by atoms with E-state index in [0.717, 1.165) is 33.2 Å². The summed E-state index contributed by atoms with van der Waals surface area (Å²) in [7, 11) is 0. The summed E-state index contributed by atoms with van der Waals surface area (Å²) >= 11 is 1.46. The summed E-state index contributed by atoms with van der Waals surface area (Å²) in [6.45, 7) is 8.17. The van der Waals surface area contributed by atoms with E-state index in [0.29, 0.717) is 6.54 Å². The van der Waals surface area contributed by atoms with Crippen molar-refractivity contribution in [3.05, 3.63) is 44.7 Å². The molecule has 0 bridgehead atoms. The highest BCUT2D eigenvalue weighted by molar-refractivity contribution is 7.12. The van der Waals surface area contributed by atoms with Crippen LogP contribution in [-0.2, 0) is 6.54 Å². The average molecular weight is 275 g/mol. The lowest BCUT2D eigenvalue weighted by Crippen LogP contribution is -2.24. The Hall–Kier alpha value is -1.75. The summed E-state index contributed by atoms with van der Waals surface area (Å²) < 4.78 is 0. The van der Waals surface area contributed by atoms with Crippen LogP contribution in [0.2, 0.25) is 0 Å². The zero-order valence-electron chi connectivity index (χ0n) is 11.6. The van der Waals surface area contributed by atoms with E-state index in [1.54, 1.807) is 0 Å². The van der Waals surface area contributed by atoms with Crippen molar-refractivity contribution in [2.45, 2.75) is 34.2 Å². The number of nitrogens with zero attached hydrogens (tertiary/aromatic N) is 2. The molecular formula is C14H17N3OS. The lowest BCUT2D eigenvalue weighted by atomic mass is 10.1. The molecule has 0 aliphatic rings. The Labute approximate surface area is 116 Å². The van der Waals surface area contributed by atoms with Crippen LogP contribution in [-0.4, -0.2) is 15.9 Å². The fourth-order valence-electron chi connectivity index (χ4n) is 2.02. The van der Waals surface area contributed by atoms with Crippen LogP contribution in [0, 0.1) is 27.7 Å². The Bertz CT molecular complexity index is 596. The lowest BCUT2D eigenvalue weighted by Gasteiger charge is -2.10. The summed E-state index contributed by atoms with van der Waals surface area (Å²) in [5.74, 6) is 0.728. The molecule has 2 rings (SSSR count). The van der Waals surface area contributed by atoms with Crippen molar-refractivity contribution >= 4 is 17.2 Å². The number of aryl methyl sites for hydroxylation is 4. The Morgan fingerprint density at radius 2 is 1.84 bits per heavy atom. The first kappa shape index (κ1) is 13.7. The van der Waals surface area contributed by atoms with Crippen LogP contribution < -0.4 is 5.32 Å². The third-order valence-corrected chi connectivity index (χ3v) is 4.04. The Kier molecular flexibility index (Phi) is 3.95. The molecule has 5 heteroatoms. The van der Waals surface area contributed by atoms with Gasteiger partial charge in [-0.25, -0.2) is 9.97 Å². The third-order valence-electron chi connectivity index (χ3n) is 3.03. The van der Waals surface area contributed by atoms with E-state index in [4.69, 9.17) is 0 Å². The molecule has 0 saturated carbocycles. The minimum atomic E-state index is -0.0353. The second-order valence-corrected chi connectivity index (χ2v) is 5.45. The van der Waals surface area contributed by atoms with E-state index in [2.05, 4.69) is 15.3 Å². The van der Waals surface area contributed by atoms with Gasteiger partial charge in [-0.1, -0.05) is 0 Å². The summed E-state index contributed by atoms with van der Waals surface area (Å²) in [5.41, 5.74) is 3.85. The van der Waals surface area contributed by atoms with E-state index >= 15 is 0 Å². The number of rotatable bonds is 3. The first-order chi connectivity index (χ1) is 8.99. The number of aromatic nitrogens is 2. The summed E-state index contributed by atoms with van der Waals surface area (Å²) in [6.07, 6.45) is 0. The molecule has 19 heavy (non-hydrogen) atoms. The second-order valence-electron chi connectivity index (χ2n) is 4.54. The fraction of sp³-hybridized carbons (Fsp3) is 0.357. The molecule has 100 valence electrons. The van der Waals surface area contributed by atoms with Crippen molar-refractivity contribution < 1.29 is 4.79 Å². The van der Waals surface area contributed by atoms with Crippen molar-refractivity contribution in [2.75, 3.05) is 0 Å². The maximum Gasteiger partial charge on any atom is 0.261 e. The largest absolute Gasteiger partial charge is 0.347 e. The van der Waals surface area contributed by atoms with Crippen LogP contribution >= 0.6 is 11.3 Å². The predicted molar refractivity (Wildman–Crippen MR) is 76.5 cm³/mol. The van der Waals surface area contributed by atoms with Crippen molar-refractivity contribution in [3.63, 3.8) is 0 Å². The second kappa shape index (κ2) is 5.48. The highest BCUT2D eigenvalue weighted by atomic mass is 32.1. The first-order valence-electron chi connectivity index (χ1n) is 6.12. The van der Waals surface area contributed by atoms with Crippen LogP contribution in [0.15, 0.2) is 11.4 Å². The van der Waals surface area contributed by atoms with Gasteiger partial charge in [0.15, 0.2) is 0 Å². The molecule has 1 N–H and O–H groups in total. The quantitative estimate of drug-likeness (QED) is 0.937. The zero-order chi connectivity index (χ0) is 14.0. The molecule has 2 heterocycles. The first-order valence-corrected chi connectivity index (χ1v) is 7.00. The van der Waals surface area contributed by atoms with Gasteiger partial charge in [0, 0.05) is 23.5 Å². The van der Waals surface area contributed by atoms with Gasteiger partial charge in [0.05, 0.1) is 4.88 Å². The number of carbonyl (C=O) groups excluding carboxylic acids is 1. The van der Waals surface area contributed by atoms with Gasteiger partial charge >= 0.3 is 0 Å². The lowest BCUT2D eigenvalue weighted by molar-refractivity contribution is 0.0954. The van der Waals surface area contributed by atoms with E-state index < -0.39 is 0 Å². The van der Waals surface area contributed by atoms with Gasteiger partial charge in [-0.05, 0) is 44.7 Å². The number of hydrogen-bond donors (Lipinski definition) is 1. The highest BCUT2D eigenvalue weighted by Gasteiger charge is 2.12. The van der Waals surface area contributed by atoms with Crippen LogP contribution in [0.4, 0.5) is 0 Å². The summed E-state index contributed by atoms with van der Waals surface area (Å²) in [6, 6.07) is 1.95. The monoisotopic (exact) mass is 275 g/mol. The van der Waals surface area contributed by atoms with E-state index in [1.165, 1.54) is 11.3 Å². The zero-order valence-corrected chi connectivity index (χ0v) is 12.4. The molecule has 0 spiro atoms. The molecule has 0 aliphatic carbocycles. The molecular weight excluding hydrogens is 258 g/mol. The minimum Gasteiger partial charge on any atom is -0.347 e. The average Bonchev–Trinajstić information content (AvgIpc) is 2.73. The van der Waals surface area contributed by atoms with Crippen molar-refractivity contribution in [2.24, 2.45) is 0 Å². The van der Waals surface area contributed by atoms with Crippen molar-refractivity contribution in [1.82, 2.24) is 15.3 Å². The number of amides is 1. The summed E-state index contributed by atoms with van der Waals surface area (Å²) in [5, 5.41) is 4.86. The van der Waals surface area contributed by atoms with Gasteiger partial charge < -0.3 is 5.32 Å². The smallest absolute Gasteiger partial charge is 0.261 e. The van der Waals surface area contributed by atoms with Crippen molar-refractivity contribution in [3.8, 4) is 0 Å². The van der Waals surface area contributed by atoms with Crippen LogP contribution in [0.5, 0.6) is 0 Å². The van der Waals surface area contributed by atoms with Gasteiger partial charge in [-0.15, -0.1) is 11.3 Å². The van der Waals surface area contributed by atoms with Gasteiger partial charge in [0.2, 0.25) is 0 Å². The van der Waals surface area contributed by atoms with Crippen molar-refractivity contribution in [1.29, 1.82) is 0 Å². The molecule has 0 fully saturated rings. The molecule has 0 aliphatic heterocycles. The maximum absolute atomic E-state index is 12.0. The van der Waals surface area contributed by atoms with Gasteiger partial charge in [-0.3, -0.25) is 4.79 Å². The van der Waals surface area contributed by atoms with Gasteiger partial charge in [-0.2, -0.15) is 0 Å². The van der Waals surface area contributed by atoms with Gasteiger partial charge in [0.25, 0.3) is 5.91 Å². The van der Waals surface area contributed by atoms with E-state index in [1.807, 2.05) is 39.1 Å². The molecule has 2 aromatic heterocycles. The Morgan fingerprint density at radius 1 is 1.21 bits per heavy atom. The van der Waals surface area contributed by atoms with Gasteiger partial charge in [0.1, 0.15) is 5.82 Å². The highest BCUT2D eigenvalue weighted by Crippen LogP contribution is 2.16. The minimum absolute atomic E-state index is 0.0353. The van der Waals surface area contributed by atoms with E-state index in [-0.39, 0.29) is 5.91 Å². The molecule has 2 aromatic rings. The fourth-order valence-corrected chi connectivity index (χ4v) is 2.86. The SMILES string of the molecule is Cc1nc(C)c(CNC(=O)c2sccc2C)c(C)n1. The molecule has 0 saturated heterocycles. The standard InChI is InChI=1S/C14H17N3OS/c1-8-5-6-19-13(8)14(18)15-7-12-9(2)16-11(4)17-10(12)3/h5-6H,7H2,1-4H3,(H,15,18). The van der Waals surface area contributed by atoms with Crippen LogP contribution in [0.25, 0.3) is 0 Å². The Morgan fingerprint density at radius 3 is 2.37 bits per heavy atom. The molecule has 4 nitrogen and oxygen atoms in total. The van der Waals surface area contributed by atoms with Crippen LogP contribution in [0.3, 0.4) is 0 Å². The molecule has 0 atom stereocenters. The third kappa shape index (κ3) is 2.98. The van der Waals surface area contributed by atoms with Crippen LogP contribution in [0.1, 0.15) is 38.0 Å². The normalized spacial score (nSPS) is 10.5. The number of hydrogen-bond acceptors (Lipinski definition) is 4.